The summed E-state index contributed by atoms with van der Waals surface area (Å²) in [5, 5.41) is 3.39. The van der Waals surface area contributed by atoms with Crippen molar-refractivity contribution in [1.29, 1.82) is 0 Å². The van der Waals surface area contributed by atoms with Gasteiger partial charge in [-0.15, -0.1) is 0 Å². The number of aryl methyl sites for hydroxylation is 1. The van der Waals surface area contributed by atoms with E-state index in [9.17, 15) is 4.39 Å². The third-order valence-corrected chi connectivity index (χ3v) is 4.23. The lowest BCUT2D eigenvalue weighted by molar-refractivity contribution is 0.408. The summed E-state index contributed by atoms with van der Waals surface area (Å²) in [6, 6.07) is 3.36. The molecule has 0 amide bonds. The molecular formula is C12H15BrFN. The molecule has 1 aliphatic heterocycles. The molecule has 1 nitrogen and oxygen atoms in total. The van der Waals surface area contributed by atoms with Crippen LogP contribution in [0.2, 0.25) is 0 Å². The first-order chi connectivity index (χ1) is 7.04. The van der Waals surface area contributed by atoms with Gasteiger partial charge in [-0.25, -0.2) is 4.39 Å². The van der Waals surface area contributed by atoms with Crippen LogP contribution in [-0.4, -0.2) is 6.54 Å². The second-order valence-electron chi connectivity index (χ2n) is 4.42. The summed E-state index contributed by atoms with van der Waals surface area (Å²) in [4.78, 5) is 0. The molecule has 0 bridgehead atoms. The minimum atomic E-state index is -0.213. The van der Waals surface area contributed by atoms with Crippen molar-refractivity contribution in [1.82, 2.24) is 5.32 Å². The van der Waals surface area contributed by atoms with Crippen LogP contribution < -0.4 is 5.32 Å². The lowest BCUT2D eigenvalue weighted by atomic mass is 9.89. The van der Waals surface area contributed by atoms with Gasteiger partial charge >= 0.3 is 0 Å². The van der Waals surface area contributed by atoms with Gasteiger partial charge in [0.1, 0.15) is 5.82 Å². The van der Waals surface area contributed by atoms with Gasteiger partial charge in [0.2, 0.25) is 0 Å². The molecule has 82 valence electrons. The Bertz CT molecular complexity index is 383. The first kappa shape index (κ1) is 11.1. The molecule has 2 rings (SSSR count). The minimum absolute atomic E-state index is 0.121. The van der Waals surface area contributed by atoms with Crippen LogP contribution in [0.3, 0.4) is 0 Å². The third kappa shape index (κ3) is 1.83. The summed E-state index contributed by atoms with van der Waals surface area (Å²) < 4.78 is 14.8. The molecule has 1 heterocycles. The summed E-state index contributed by atoms with van der Waals surface area (Å²) in [6.45, 7) is 5.03. The molecule has 0 saturated carbocycles. The first-order valence-electron chi connectivity index (χ1n) is 5.25. The van der Waals surface area contributed by atoms with Crippen molar-refractivity contribution in [2.75, 3.05) is 6.54 Å². The zero-order valence-electron chi connectivity index (χ0n) is 9.03. The molecule has 1 N–H and O–H groups in total. The molecule has 1 aromatic rings. The highest BCUT2D eigenvalue weighted by Gasteiger charge is 2.34. The zero-order valence-corrected chi connectivity index (χ0v) is 10.6. The average molecular weight is 272 g/mol. The molecule has 15 heavy (non-hydrogen) atoms. The smallest absolute Gasteiger partial charge is 0.129 e. The lowest BCUT2D eigenvalue weighted by Gasteiger charge is -2.27. The standard InChI is InChI=1S/C12H15BrFN/c1-8-4-5-9(14)10(11(8)13)12(2)6-3-7-15-12/h4-5,15H,3,6-7H2,1-2H3. The van der Waals surface area contributed by atoms with Crippen LogP contribution in [0, 0.1) is 12.7 Å². The summed E-state index contributed by atoms with van der Waals surface area (Å²) >= 11 is 3.50. The maximum absolute atomic E-state index is 13.9. The van der Waals surface area contributed by atoms with E-state index in [4.69, 9.17) is 0 Å². The molecule has 0 aliphatic carbocycles. The van der Waals surface area contributed by atoms with E-state index in [-0.39, 0.29) is 11.4 Å². The predicted octanol–water partition coefficient (Wildman–Crippen LogP) is 3.50. The Morgan fingerprint density at radius 3 is 2.80 bits per heavy atom. The number of nitrogens with one attached hydrogen (secondary N) is 1. The number of hydrogen-bond acceptors (Lipinski definition) is 1. The van der Waals surface area contributed by atoms with E-state index in [1.54, 1.807) is 12.1 Å². The fraction of sp³-hybridized carbons (Fsp3) is 0.500. The normalized spacial score (nSPS) is 25.9. The number of rotatable bonds is 1. The molecule has 1 fully saturated rings. The second kappa shape index (κ2) is 3.87. The fourth-order valence-electron chi connectivity index (χ4n) is 2.27. The monoisotopic (exact) mass is 271 g/mol. The maximum Gasteiger partial charge on any atom is 0.129 e. The Morgan fingerprint density at radius 1 is 1.47 bits per heavy atom. The summed E-state index contributed by atoms with van der Waals surface area (Å²) in [6.07, 6.45) is 2.10. The van der Waals surface area contributed by atoms with Gasteiger partial charge in [0.05, 0.1) is 0 Å². The summed E-state index contributed by atoms with van der Waals surface area (Å²) in [7, 11) is 0. The number of hydrogen-bond donors (Lipinski definition) is 1. The van der Waals surface area contributed by atoms with Crippen LogP contribution in [0.1, 0.15) is 30.9 Å². The average Bonchev–Trinajstić information content (AvgIpc) is 2.60. The van der Waals surface area contributed by atoms with Crippen LogP contribution in [0.5, 0.6) is 0 Å². The van der Waals surface area contributed by atoms with Crippen LogP contribution >= 0.6 is 15.9 Å². The quantitative estimate of drug-likeness (QED) is 0.825. The molecule has 0 radical (unpaired) electrons. The van der Waals surface area contributed by atoms with E-state index >= 15 is 0 Å². The van der Waals surface area contributed by atoms with Crippen molar-refractivity contribution in [2.45, 2.75) is 32.2 Å². The van der Waals surface area contributed by atoms with Gasteiger partial charge in [0.25, 0.3) is 0 Å². The topological polar surface area (TPSA) is 12.0 Å². The highest BCUT2D eigenvalue weighted by atomic mass is 79.9. The van der Waals surface area contributed by atoms with Crippen molar-refractivity contribution in [2.24, 2.45) is 0 Å². The number of benzene rings is 1. The maximum atomic E-state index is 13.9. The zero-order chi connectivity index (χ0) is 11.1. The third-order valence-electron chi connectivity index (χ3n) is 3.20. The minimum Gasteiger partial charge on any atom is -0.307 e. The Balaban J connectivity index is 2.55. The van der Waals surface area contributed by atoms with Crippen LogP contribution in [0.15, 0.2) is 16.6 Å². The highest BCUT2D eigenvalue weighted by Crippen LogP contribution is 2.38. The molecule has 0 aromatic heterocycles. The van der Waals surface area contributed by atoms with E-state index in [2.05, 4.69) is 28.2 Å². The van der Waals surface area contributed by atoms with E-state index < -0.39 is 0 Å². The van der Waals surface area contributed by atoms with Gasteiger partial charge in [-0.3, -0.25) is 0 Å². The number of halogens is 2. The van der Waals surface area contributed by atoms with Crippen molar-refractivity contribution in [3.05, 3.63) is 33.5 Å². The SMILES string of the molecule is Cc1ccc(F)c(C2(C)CCCN2)c1Br. The van der Waals surface area contributed by atoms with E-state index in [0.29, 0.717) is 0 Å². The van der Waals surface area contributed by atoms with E-state index in [1.807, 2.05) is 6.92 Å². The van der Waals surface area contributed by atoms with Gasteiger partial charge in [-0.05, 0) is 44.9 Å². The van der Waals surface area contributed by atoms with Crippen molar-refractivity contribution in [3.8, 4) is 0 Å². The highest BCUT2D eigenvalue weighted by molar-refractivity contribution is 9.10. The van der Waals surface area contributed by atoms with E-state index in [0.717, 1.165) is 35.0 Å². The molecule has 1 atom stereocenters. The molecule has 3 heteroatoms. The van der Waals surface area contributed by atoms with Crippen molar-refractivity contribution in [3.63, 3.8) is 0 Å². The molecular weight excluding hydrogens is 257 g/mol. The van der Waals surface area contributed by atoms with Gasteiger partial charge in [0.15, 0.2) is 0 Å². The van der Waals surface area contributed by atoms with Crippen molar-refractivity contribution >= 4 is 15.9 Å². The van der Waals surface area contributed by atoms with Crippen LogP contribution in [0.4, 0.5) is 4.39 Å². The molecule has 1 unspecified atom stereocenters. The van der Waals surface area contributed by atoms with Gasteiger partial charge in [-0.1, -0.05) is 22.0 Å². The summed E-state index contributed by atoms with van der Waals surface area (Å²) in [5.74, 6) is -0.121. The lowest BCUT2D eigenvalue weighted by Crippen LogP contribution is -2.34. The molecule has 1 aromatic carbocycles. The van der Waals surface area contributed by atoms with Gasteiger partial charge in [-0.2, -0.15) is 0 Å². The molecule has 1 saturated heterocycles. The predicted molar refractivity (Wildman–Crippen MR) is 63.4 cm³/mol. The van der Waals surface area contributed by atoms with Gasteiger partial charge < -0.3 is 5.32 Å². The Morgan fingerprint density at radius 2 is 2.20 bits per heavy atom. The fourth-order valence-corrected chi connectivity index (χ4v) is 3.03. The van der Waals surface area contributed by atoms with Gasteiger partial charge in [0, 0.05) is 15.6 Å². The van der Waals surface area contributed by atoms with Crippen molar-refractivity contribution < 1.29 is 4.39 Å². The Labute approximate surface area is 98.2 Å². The van der Waals surface area contributed by atoms with Crippen LogP contribution in [-0.2, 0) is 5.54 Å². The molecule has 1 aliphatic rings. The summed E-state index contributed by atoms with van der Waals surface area (Å²) in [5.41, 5.74) is 1.65. The largest absolute Gasteiger partial charge is 0.307 e. The Hall–Kier alpha value is -0.410. The first-order valence-corrected chi connectivity index (χ1v) is 6.04. The Kier molecular flexibility index (Phi) is 2.86. The van der Waals surface area contributed by atoms with E-state index in [1.165, 1.54) is 0 Å². The molecule has 0 spiro atoms. The second-order valence-corrected chi connectivity index (χ2v) is 5.21. The van der Waals surface area contributed by atoms with Crippen LogP contribution in [0.25, 0.3) is 0 Å².